The number of anilines is 1. The van der Waals surface area contributed by atoms with Crippen LogP contribution in [0.25, 0.3) is 0 Å². The van der Waals surface area contributed by atoms with Crippen LogP contribution in [0.3, 0.4) is 0 Å². The Hall–Kier alpha value is -1.14. The van der Waals surface area contributed by atoms with E-state index in [-0.39, 0.29) is 11.8 Å². The number of benzene rings is 2. The monoisotopic (exact) mass is 419 g/mol. The number of rotatable bonds is 5. The van der Waals surface area contributed by atoms with Gasteiger partial charge in [0, 0.05) is 15.0 Å². The summed E-state index contributed by atoms with van der Waals surface area (Å²) in [5, 5.41) is 3.36. The maximum atomic E-state index is 12.1. The van der Waals surface area contributed by atoms with Crippen molar-refractivity contribution >= 4 is 37.5 Å². The zero-order valence-corrected chi connectivity index (χ0v) is 14.3. The standard InChI is InChI=1S/C15H13Br2F2NO/c1-9(20-14-8-11(16)4-7-13(14)17)10-2-5-12(6-3-10)21-15(18)19/h2-9,15,20H,1H3. The largest absolute Gasteiger partial charge is 0.435 e. The average molecular weight is 421 g/mol. The van der Waals surface area contributed by atoms with Crippen molar-refractivity contribution in [2.75, 3.05) is 5.32 Å². The highest BCUT2D eigenvalue weighted by atomic mass is 79.9. The molecule has 0 aliphatic heterocycles. The molecule has 1 unspecified atom stereocenters. The van der Waals surface area contributed by atoms with Gasteiger partial charge in [-0.2, -0.15) is 8.78 Å². The molecular weight excluding hydrogens is 408 g/mol. The summed E-state index contributed by atoms with van der Waals surface area (Å²) in [6.07, 6.45) is 0. The maximum Gasteiger partial charge on any atom is 0.387 e. The van der Waals surface area contributed by atoms with E-state index in [1.807, 2.05) is 25.1 Å². The Kier molecular flexibility index (Phi) is 5.58. The Morgan fingerprint density at radius 3 is 2.33 bits per heavy atom. The van der Waals surface area contributed by atoms with E-state index in [1.165, 1.54) is 12.1 Å². The van der Waals surface area contributed by atoms with E-state index < -0.39 is 6.61 Å². The third kappa shape index (κ3) is 4.68. The van der Waals surface area contributed by atoms with Crippen molar-refractivity contribution in [3.63, 3.8) is 0 Å². The summed E-state index contributed by atoms with van der Waals surface area (Å²) in [6.45, 7) is -0.805. The Labute approximate surface area is 138 Å². The minimum atomic E-state index is -2.80. The smallest absolute Gasteiger partial charge is 0.387 e. The quantitative estimate of drug-likeness (QED) is 0.641. The van der Waals surface area contributed by atoms with Gasteiger partial charge in [-0.05, 0) is 58.7 Å². The van der Waals surface area contributed by atoms with Crippen molar-refractivity contribution < 1.29 is 13.5 Å². The molecular formula is C15H13Br2F2NO. The molecule has 0 bridgehead atoms. The van der Waals surface area contributed by atoms with Gasteiger partial charge in [-0.3, -0.25) is 0 Å². The van der Waals surface area contributed by atoms with Crippen LogP contribution in [0.2, 0.25) is 0 Å². The van der Waals surface area contributed by atoms with Crippen LogP contribution in [-0.2, 0) is 0 Å². The van der Waals surface area contributed by atoms with E-state index in [2.05, 4.69) is 41.9 Å². The number of alkyl halides is 2. The lowest BCUT2D eigenvalue weighted by Gasteiger charge is -2.17. The number of hydrogen-bond acceptors (Lipinski definition) is 2. The van der Waals surface area contributed by atoms with Crippen LogP contribution < -0.4 is 10.1 Å². The zero-order valence-electron chi connectivity index (χ0n) is 11.1. The van der Waals surface area contributed by atoms with Gasteiger partial charge in [0.1, 0.15) is 5.75 Å². The molecule has 0 aromatic heterocycles. The molecule has 21 heavy (non-hydrogen) atoms. The van der Waals surface area contributed by atoms with Gasteiger partial charge in [0.25, 0.3) is 0 Å². The summed E-state index contributed by atoms with van der Waals surface area (Å²) < 4.78 is 30.5. The van der Waals surface area contributed by atoms with Gasteiger partial charge in [-0.1, -0.05) is 28.1 Å². The van der Waals surface area contributed by atoms with E-state index in [9.17, 15) is 8.78 Å². The predicted molar refractivity (Wildman–Crippen MR) is 87.0 cm³/mol. The fraction of sp³-hybridized carbons (Fsp3) is 0.200. The van der Waals surface area contributed by atoms with E-state index >= 15 is 0 Å². The summed E-state index contributed by atoms with van der Waals surface area (Å²) in [6, 6.07) is 12.5. The summed E-state index contributed by atoms with van der Waals surface area (Å²) in [5.74, 6) is 0.157. The maximum absolute atomic E-state index is 12.1. The van der Waals surface area contributed by atoms with E-state index in [1.54, 1.807) is 12.1 Å². The molecule has 0 saturated carbocycles. The normalized spacial score (nSPS) is 12.3. The van der Waals surface area contributed by atoms with Crippen molar-refractivity contribution in [1.82, 2.24) is 0 Å². The van der Waals surface area contributed by atoms with Crippen LogP contribution >= 0.6 is 31.9 Å². The van der Waals surface area contributed by atoms with Gasteiger partial charge in [-0.25, -0.2) is 0 Å². The molecule has 112 valence electrons. The van der Waals surface area contributed by atoms with E-state index in [0.717, 1.165) is 20.2 Å². The van der Waals surface area contributed by atoms with Gasteiger partial charge in [0.05, 0.1) is 5.69 Å². The Morgan fingerprint density at radius 2 is 1.71 bits per heavy atom. The highest BCUT2D eigenvalue weighted by Crippen LogP contribution is 2.30. The van der Waals surface area contributed by atoms with Gasteiger partial charge in [0.2, 0.25) is 0 Å². The third-order valence-electron chi connectivity index (χ3n) is 2.91. The van der Waals surface area contributed by atoms with Crippen LogP contribution in [0.4, 0.5) is 14.5 Å². The molecule has 0 heterocycles. The first kappa shape index (κ1) is 16.2. The average Bonchev–Trinajstić information content (AvgIpc) is 2.43. The van der Waals surface area contributed by atoms with Crippen molar-refractivity contribution in [1.29, 1.82) is 0 Å². The van der Waals surface area contributed by atoms with Crippen molar-refractivity contribution in [2.24, 2.45) is 0 Å². The highest BCUT2D eigenvalue weighted by molar-refractivity contribution is 9.11. The first-order valence-electron chi connectivity index (χ1n) is 6.22. The Bertz CT molecular complexity index is 605. The Balaban J connectivity index is 2.09. The van der Waals surface area contributed by atoms with E-state index in [0.29, 0.717) is 0 Å². The van der Waals surface area contributed by atoms with Crippen molar-refractivity contribution in [3.8, 4) is 5.75 Å². The number of hydrogen-bond donors (Lipinski definition) is 1. The molecule has 0 amide bonds. The molecule has 0 fully saturated rings. The van der Waals surface area contributed by atoms with Crippen LogP contribution in [0, 0.1) is 0 Å². The molecule has 0 saturated heterocycles. The first-order chi connectivity index (χ1) is 9.95. The molecule has 1 atom stereocenters. The van der Waals surface area contributed by atoms with Crippen LogP contribution in [0.1, 0.15) is 18.5 Å². The fourth-order valence-corrected chi connectivity index (χ4v) is 2.58. The molecule has 2 rings (SSSR count). The van der Waals surface area contributed by atoms with Gasteiger partial charge < -0.3 is 10.1 Å². The first-order valence-corrected chi connectivity index (χ1v) is 7.80. The minimum absolute atomic E-state index is 0.0243. The fourth-order valence-electron chi connectivity index (χ4n) is 1.86. The molecule has 2 aromatic rings. The summed E-state index contributed by atoms with van der Waals surface area (Å²) >= 11 is 6.91. The molecule has 1 N–H and O–H groups in total. The van der Waals surface area contributed by atoms with Crippen LogP contribution in [-0.4, -0.2) is 6.61 Å². The van der Waals surface area contributed by atoms with E-state index in [4.69, 9.17) is 0 Å². The number of ether oxygens (including phenoxy) is 1. The summed E-state index contributed by atoms with van der Waals surface area (Å²) in [4.78, 5) is 0. The molecule has 2 aromatic carbocycles. The molecule has 0 aliphatic carbocycles. The second kappa shape index (κ2) is 7.22. The molecule has 0 radical (unpaired) electrons. The van der Waals surface area contributed by atoms with Gasteiger partial charge >= 0.3 is 6.61 Å². The van der Waals surface area contributed by atoms with Crippen molar-refractivity contribution in [3.05, 3.63) is 57.0 Å². The summed E-state index contributed by atoms with van der Waals surface area (Å²) in [5.41, 5.74) is 1.92. The van der Waals surface area contributed by atoms with Gasteiger partial charge in [-0.15, -0.1) is 0 Å². The van der Waals surface area contributed by atoms with Crippen LogP contribution in [0.5, 0.6) is 5.75 Å². The second-order valence-corrected chi connectivity index (χ2v) is 6.21. The molecule has 0 aliphatic rings. The molecule has 0 spiro atoms. The SMILES string of the molecule is CC(Nc1cc(Br)ccc1Br)c1ccc(OC(F)F)cc1. The number of nitrogens with one attached hydrogen (secondary N) is 1. The highest BCUT2D eigenvalue weighted by Gasteiger charge is 2.09. The third-order valence-corrected chi connectivity index (χ3v) is 4.09. The Morgan fingerprint density at radius 1 is 1.05 bits per heavy atom. The topological polar surface area (TPSA) is 21.3 Å². The second-order valence-electron chi connectivity index (χ2n) is 4.44. The van der Waals surface area contributed by atoms with Crippen molar-refractivity contribution in [2.45, 2.75) is 19.6 Å². The molecule has 2 nitrogen and oxygen atoms in total. The lowest BCUT2D eigenvalue weighted by Crippen LogP contribution is -2.07. The lowest BCUT2D eigenvalue weighted by atomic mass is 10.1. The van der Waals surface area contributed by atoms with Crippen LogP contribution in [0.15, 0.2) is 51.4 Å². The summed E-state index contributed by atoms with van der Waals surface area (Å²) in [7, 11) is 0. The number of halogens is 4. The predicted octanol–water partition coefficient (Wildman–Crippen LogP) is 5.99. The molecule has 6 heteroatoms. The zero-order chi connectivity index (χ0) is 15.4. The van der Waals surface area contributed by atoms with Gasteiger partial charge in [0.15, 0.2) is 0 Å². The lowest BCUT2D eigenvalue weighted by molar-refractivity contribution is -0.0498. The minimum Gasteiger partial charge on any atom is -0.435 e.